The number of esters is 1. The van der Waals surface area contributed by atoms with Crippen LogP contribution in [-0.4, -0.2) is 11.8 Å². The van der Waals surface area contributed by atoms with Gasteiger partial charge in [0.2, 0.25) is 0 Å². The quantitative estimate of drug-likeness (QED) is 0.420. The molecule has 1 saturated heterocycles. The molecule has 140 valence electrons. The number of benzene rings is 1. The maximum absolute atomic E-state index is 14.0. The van der Waals surface area contributed by atoms with Crippen molar-refractivity contribution in [3.05, 3.63) is 34.3 Å². The second-order valence-corrected chi connectivity index (χ2v) is 9.29. The molecule has 26 heavy (non-hydrogen) atoms. The highest BCUT2D eigenvalue weighted by atomic mass is 79.9. The minimum atomic E-state index is -0.867. The van der Waals surface area contributed by atoms with Crippen LogP contribution in [0.25, 0.3) is 0 Å². The number of hydrogen-bond acceptors (Lipinski definition) is 3. The molecule has 3 fully saturated rings. The normalized spacial score (nSPS) is 28.0. The first-order valence-corrected chi connectivity index (χ1v) is 10.9. The highest BCUT2D eigenvalue weighted by Crippen LogP contribution is 2.58. The SMILES string of the molecule is O=C1OC(c2ccc(Br)cc2)C2(CCCCCC2)C(=O)C12CCCCC2. The van der Waals surface area contributed by atoms with Crippen LogP contribution in [0, 0.1) is 10.8 Å². The Morgan fingerprint density at radius 2 is 1.35 bits per heavy atom. The van der Waals surface area contributed by atoms with Crippen LogP contribution in [-0.2, 0) is 14.3 Å². The summed E-state index contributed by atoms with van der Waals surface area (Å²) in [5.74, 6) is -0.0549. The summed E-state index contributed by atoms with van der Waals surface area (Å²) in [7, 11) is 0. The number of carbonyl (C=O) groups excluding carboxylic acids is 2. The molecule has 4 heteroatoms. The summed E-state index contributed by atoms with van der Waals surface area (Å²) in [6.45, 7) is 0. The van der Waals surface area contributed by atoms with Crippen molar-refractivity contribution in [2.75, 3.05) is 0 Å². The zero-order chi connectivity index (χ0) is 18.2. The standard InChI is InChI=1S/C22H27BrO3/c23-17-10-8-16(9-11-17)18-21(12-4-1-2-5-13-21)19(24)22(20(25)26-18)14-6-3-7-15-22/h8-11,18H,1-7,12-15H2. The zero-order valence-corrected chi connectivity index (χ0v) is 16.9. The van der Waals surface area contributed by atoms with E-state index in [1.807, 2.05) is 24.3 Å². The lowest BCUT2D eigenvalue weighted by Gasteiger charge is -2.50. The van der Waals surface area contributed by atoms with Gasteiger partial charge >= 0.3 is 5.97 Å². The molecular weight excluding hydrogens is 392 g/mol. The molecule has 1 heterocycles. The Morgan fingerprint density at radius 3 is 1.96 bits per heavy atom. The highest BCUT2D eigenvalue weighted by Gasteiger charge is 2.63. The Hall–Kier alpha value is -1.16. The number of ketones is 1. The van der Waals surface area contributed by atoms with Gasteiger partial charge in [-0.2, -0.15) is 0 Å². The zero-order valence-electron chi connectivity index (χ0n) is 15.3. The first kappa shape index (κ1) is 18.2. The molecule has 1 aromatic carbocycles. The van der Waals surface area contributed by atoms with Crippen molar-refractivity contribution >= 4 is 27.7 Å². The molecule has 0 N–H and O–H groups in total. The summed E-state index contributed by atoms with van der Waals surface area (Å²) in [4.78, 5) is 27.1. The number of cyclic esters (lactones) is 1. The van der Waals surface area contributed by atoms with Crippen molar-refractivity contribution in [1.29, 1.82) is 0 Å². The Morgan fingerprint density at radius 1 is 0.808 bits per heavy atom. The maximum atomic E-state index is 14.0. The molecular formula is C22H27BrO3. The van der Waals surface area contributed by atoms with Crippen LogP contribution in [0.1, 0.15) is 82.3 Å². The van der Waals surface area contributed by atoms with E-state index in [0.29, 0.717) is 12.8 Å². The van der Waals surface area contributed by atoms with E-state index in [0.717, 1.165) is 55.0 Å². The van der Waals surface area contributed by atoms with Crippen molar-refractivity contribution in [3.8, 4) is 0 Å². The molecule has 2 aliphatic carbocycles. The van der Waals surface area contributed by atoms with Crippen LogP contribution < -0.4 is 0 Å². The monoisotopic (exact) mass is 418 g/mol. The van der Waals surface area contributed by atoms with E-state index in [4.69, 9.17) is 4.74 Å². The fourth-order valence-corrected chi connectivity index (χ4v) is 5.75. The average molecular weight is 419 g/mol. The molecule has 4 rings (SSSR count). The molecule has 3 nitrogen and oxygen atoms in total. The third kappa shape index (κ3) is 2.85. The van der Waals surface area contributed by atoms with E-state index in [9.17, 15) is 9.59 Å². The Labute approximate surface area is 164 Å². The van der Waals surface area contributed by atoms with E-state index < -0.39 is 16.9 Å². The van der Waals surface area contributed by atoms with Crippen molar-refractivity contribution in [2.24, 2.45) is 10.8 Å². The van der Waals surface area contributed by atoms with Gasteiger partial charge in [-0.25, -0.2) is 0 Å². The lowest BCUT2D eigenvalue weighted by atomic mass is 9.56. The minimum absolute atomic E-state index is 0.204. The van der Waals surface area contributed by atoms with Crippen LogP contribution in [0.15, 0.2) is 28.7 Å². The topological polar surface area (TPSA) is 43.4 Å². The van der Waals surface area contributed by atoms with E-state index in [1.165, 1.54) is 12.8 Å². The van der Waals surface area contributed by atoms with E-state index in [2.05, 4.69) is 15.9 Å². The van der Waals surface area contributed by atoms with Gasteiger partial charge in [0.1, 0.15) is 11.5 Å². The van der Waals surface area contributed by atoms with Crippen molar-refractivity contribution in [3.63, 3.8) is 0 Å². The van der Waals surface area contributed by atoms with Crippen LogP contribution in [0.2, 0.25) is 0 Å². The first-order valence-electron chi connectivity index (χ1n) is 10.1. The van der Waals surface area contributed by atoms with Crippen molar-refractivity contribution in [2.45, 2.75) is 76.7 Å². The van der Waals surface area contributed by atoms with Crippen LogP contribution in [0.4, 0.5) is 0 Å². The van der Waals surface area contributed by atoms with Gasteiger partial charge in [-0.3, -0.25) is 9.59 Å². The van der Waals surface area contributed by atoms with Gasteiger partial charge in [0, 0.05) is 4.47 Å². The minimum Gasteiger partial charge on any atom is -0.456 e. The first-order chi connectivity index (χ1) is 12.6. The number of hydrogen-bond donors (Lipinski definition) is 0. The Bertz CT molecular complexity index is 680. The van der Waals surface area contributed by atoms with Gasteiger partial charge in [-0.15, -0.1) is 0 Å². The number of rotatable bonds is 1. The fraction of sp³-hybridized carbons (Fsp3) is 0.636. The average Bonchev–Trinajstić information content (AvgIpc) is 2.92. The summed E-state index contributed by atoms with van der Waals surface area (Å²) in [6.07, 6.45) is 10.1. The van der Waals surface area contributed by atoms with Gasteiger partial charge in [0.25, 0.3) is 0 Å². The van der Waals surface area contributed by atoms with Gasteiger partial charge in [0.15, 0.2) is 5.78 Å². The number of halogens is 1. The predicted octanol–water partition coefficient (Wildman–Crippen LogP) is 5.91. The summed E-state index contributed by atoms with van der Waals surface area (Å²) in [6, 6.07) is 7.95. The molecule has 0 radical (unpaired) electrons. The molecule has 1 atom stereocenters. The van der Waals surface area contributed by atoms with Gasteiger partial charge in [-0.1, -0.05) is 73.0 Å². The number of ether oxygens (including phenoxy) is 1. The van der Waals surface area contributed by atoms with Crippen molar-refractivity contribution < 1.29 is 14.3 Å². The summed E-state index contributed by atoms with van der Waals surface area (Å²) in [5, 5.41) is 0. The van der Waals surface area contributed by atoms with E-state index >= 15 is 0 Å². The molecule has 3 aliphatic rings. The van der Waals surface area contributed by atoms with E-state index in [1.54, 1.807) is 0 Å². The number of Topliss-reactive ketones (excluding diaryl/α,β-unsaturated/α-hetero) is 1. The van der Waals surface area contributed by atoms with Crippen LogP contribution in [0.5, 0.6) is 0 Å². The lowest BCUT2D eigenvalue weighted by Crippen LogP contribution is -2.57. The van der Waals surface area contributed by atoms with Gasteiger partial charge in [0.05, 0.1) is 5.41 Å². The van der Waals surface area contributed by atoms with E-state index in [-0.39, 0.29) is 11.8 Å². The molecule has 2 saturated carbocycles. The molecule has 1 unspecified atom stereocenters. The summed E-state index contributed by atoms with van der Waals surface area (Å²) < 4.78 is 7.14. The molecule has 0 amide bonds. The van der Waals surface area contributed by atoms with Gasteiger partial charge < -0.3 is 4.74 Å². The van der Waals surface area contributed by atoms with Gasteiger partial charge in [-0.05, 0) is 43.4 Å². The Kier molecular flexibility index (Phi) is 4.98. The predicted molar refractivity (Wildman–Crippen MR) is 104 cm³/mol. The lowest BCUT2D eigenvalue weighted by molar-refractivity contribution is -0.196. The fourth-order valence-electron chi connectivity index (χ4n) is 5.48. The van der Waals surface area contributed by atoms with Crippen molar-refractivity contribution in [1.82, 2.24) is 0 Å². The summed E-state index contributed by atoms with van der Waals surface area (Å²) >= 11 is 3.48. The molecule has 0 bridgehead atoms. The number of carbonyl (C=O) groups is 2. The summed E-state index contributed by atoms with van der Waals surface area (Å²) in [5.41, 5.74) is -0.438. The van der Waals surface area contributed by atoms with Crippen LogP contribution >= 0.6 is 15.9 Å². The van der Waals surface area contributed by atoms with Crippen LogP contribution in [0.3, 0.4) is 0 Å². The third-order valence-corrected chi connectivity index (χ3v) is 7.41. The Balaban J connectivity index is 1.79. The maximum Gasteiger partial charge on any atom is 0.320 e. The molecule has 1 aliphatic heterocycles. The largest absolute Gasteiger partial charge is 0.456 e. The smallest absolute Gasteiger partial charge is 0.320 e. The third-order valence-electron chi connectivity index (χ3n) is 6.88. The molecule has 1 aromatic rings. The molecule has 0 aromatic heterocycles. The molecule has 2 spiro atoms. The second kappa shape index (κ2) is 7.10. The second-order valence-electron chi connectivity index (χ2n) is 8.38. The highest BCUT2D eigenvalue weighted by molar-refractivity contribution is 9.10.